The van der Waals surface area contributed by atoms with Crippen molar-refractivity contribution in [3.8, 4) is 0 Å². The van der Waals surface area contributed by atoms with Crippen molar-refractivity contribution in [2.45, 2.75) is 314 Å². The second kappa shape index (κ2) is 90.8. The smallest absolute Gasteiger partial charge is 0.411 e. The van der Waals surface area contributed by atoms with Crippen molar-refractivity contribution in [2.75, 3.05) is 78.5 Å². The minimum atomic E-state index is 0. The van der Waals surface area contributed by atoms with Crippen molar-refractivity contribution in [2.24, 2.45) is 0 Å². The van der Waals surface area contributed by atoms with Crippen LogP contribution in [0.4, 0.5) is 0 Å². The van der Waals surface area contributed by atoms with E-state index in [9.17, 15) is 0 Å². The van der Waals surface area contributed by atoms with E-state index in [1.165, 1.54) is 231 Å². The van der Waals surface area contributed by atoms with Gasteiger partial charge in [-0.15, -0.1) is 0 Å². The van der Waals surface area contributed by atoms with E-state index in [2.05, 4.69) is 112 Å². The van der Waals surface area contributed by atoms with Crippen LogP contribution in [0.1, 0.15) is 314 Å². The number of rotatable bonds is 48. The molecule has 0 aromatic heterocycles. The summed E-state index contributed by atoms with van der Waals surface area (Å²) >= 11 is 60.7. The van der Waals surface area contributed by atoms with Gasteiger partial charge in [0.1, 0.15) is 0 Å². The van der Waals surface area contributed by atoms with Crippen molar-refractivity contribution < 1.29 is 63.2 Å². The number of unbranched alkanes of at least 4 members (excludes halogenated alkanes) is 24. The van der Waals surface area contributed by atoms with E-state index in [1.54, 1.807) is 0 Å². The van der Waals surface area contributed by atoms with E-state index in [0.717, 1.165) is 78.5 Å². The Hall–Kier alpha value is 2.72. The summed E-state index contributed by atoms with van der Waals surface area (Å²) in [4.78, 5) is 13.1. The molecule has 0 N–H and O–H groups in total. The van der Waals surface area contributed by atoms with Crippen molar-refractivity contribution in [3.63, 3.8) is 0 Å². The van der Waals surface area contributed by atoms with Gasteiger partial charge in [-0.05, 0) is 77.0 Å². The zero-order valence-corrected chi connectivity index (χ0v) is 76.3. The van der Waals surface area contributed by atoms with Crippen LogP contribution in [0, 0.1) is 0 Å². The molecule has 0 spiro atoms. The normalized spacial score (nSPS) is 9.79. The van der Waals surface area contributed by atoms with Gasteiger partial charge >= 0.3 is 63.2 Å². The van der Waals surface area contributed by atoms with Gasteiger partial charge in [-0.1, -0.05) is 263 Å². The minimum Gasteiger partial charge on any atom is -0.411 e. The third kappa shape index (κ3) is 88.7. The molecule has 0 heterocycles. The first kappa shape index (κ1) is 108. The average molecular weight is 1950 g/mol. The van der Waals surface area contributed by atoms with Gasteiger partial charge in [0.05, 0.1) is 0 Å². The van der Waals surface area contributed by atoms with Gasteiger partial charge in [0.15, 0.2) is 0 Å². The molecule has 0 saturated carbocycles. The summed E-state index contributed by atoms with van der Waals surface area (Å²) in [6.45, 7) is 39.3. The Morgan fingerprint density at radius 1 is 0.172 bits per heavy atom. The van der Waals surface area contributed by atoms with E-state index < -0.39 is 0 Å². The van der Waals surface area contributed by atoms with Crippen LogP contribution in [-0.4, -0.2) is 134 Å². The van der Waals surface area contributed by atoms with Gasteiger partial charge < -0.3 is 178 Å². The quantitative estimate of drug-likeness (QED) is 0.0327. The zero-order valence-electron chi connectivity index (χ0n) is 57.7. The van der Waals surface area contributed by atoms with E-state index in [-0.39, 0.29) is 63.2 Å². The van der Waals surface area contributed by atoms with Gasteiger partial charge in [-0.3, -0.25) is 0 Å². The van der Waals surface area contributed by atoms with Gasteiger partial charge in [0.2, 0.25) is 0 Å². The Balaban J connectivity index is -0.000000119. The molecular weight excluding hydrogens is 1810 g/mol. The van der Waals surface area contributed by atoms with E-state index in [0.29, 0.717) is 25.9 Å². The summed E-state index contributed by atoms with van der Waals surface area (Å²) in [6, 6.07) is 0. The standard InChI is InChI=1S/6C11H23NS2.3W/c6*1-3-5-7-9-12(11(13)14)10-8-6-4-2;;;/h6*3-10H2,1-2H3,(H,13,14);;;/q;;;;;;3*+2/p-6. The van der Waals surface area contributed by atoms with E-state index in [4.69, 9.17) is 149 Å². The fourth-order valence-electron chi connectivity index (χ4n) is 8.40. The number of hydrogen-bond donors (Lipinski definition) is 0. The molecular formula is C66H132N6S12W3. The summed E-state index contributed by atoms with van der Waals surface area (Å²) in [5.41, 5.74) is 0. The molecule has 0 aliphatic heterocycles. The average Bonchev–Trinajstić information content (AvgIpc) is 3.46. The maximum absolute atomic E-state index is 5.06. The Labute approximate surface area is 652 Å². The molecule has 0 atom stereocenters. The van der Waals surface area contributed by atoms with Gasteiger partial charge in [0.25, 0.3) is 0 Å². The Kier molecular flexibility index (Phi) is 113. The maximum atomic E-state index is 5.06. The molecule has 0 aromatic carbocycles. The molecule has 0 unspecified atom stereocenters. The van der Waals surface area contributed by atoms with Crippen LogP contribution < -0.4 is 0 Å². The maximum Gasteiger partial charge on any atom is 2.00 e. The predicted molar refractivity (Wildman–Crippen MR) is 424 cm³/mol. The number of thiocarbonyl (C=S) groups is 6. The predicted octanol–water partition coefficient (Wildman–Crippen LogP) is 21.0. The fourth-order valence-corrected chi connectivity index (χ4v) is 10.6. The second-order valence-electron chi connectivity index (χ2n) is 22.0. The zero-order chi connectivity index (χ0) is 64.9. The first-order chi connectivity index (χ1) is 40.3. The van der Waals surface area contributed by atoms with Crippen molar-refractivity contribution >= 4 is 175 Å². The Morgan fingerprint density at radius 2 is 0.241 bits per heavy atom. The molecule has 87 heavy (non-hydrogen) atoms. The first-order valence-electron chi connectivity index (χ1n) is 34.1. The summed E-state index contributed by atoms with van der Waals surface area (Å²) in [5.74, 6) is 0. The molecule has 6 nitrogen and oxygen atoms in total. The first-order valence-corrected chi connectivity index (χ1v) is 39.0. The van der Waals surface area contributed by atoms with Crippen LogP contribution in [0.5, 0.6) is 0 Å². The number of hydrogen-bond acceptors (Lipinski definition) is 12. The van der Waals surface area contributed by atoms with Gasteiger partial charge in [-0.25, -0.2) is 0 Å². The SMILES string of the molecule is CCCCCN(CCCCC)C(=S)[S-].CCCCCN(CCCCC)C(=S)[S-].CCCCCN(CCCCC)C(=S)[S-].CCCCCN(CCCCC)C(=S)[S-].CCCCCN(CCCCC)C(=S)[S-].CCCCCN(CCCCC)C(=S)[S-].[W+2].[W+2].[W+2]. The molecule has 0 bridgehead atoms. The van der Waals surface area contributed by atoms with Crippen LogP contribution in [0.25, 0.3) is 0 Å². The van der Waals surface area contributed by atoms with Crippen molar-refractivity contribution in [1.82, 2.24) is 29.4 Å². The third-order valence-corrected chi connectivity index (χ3v) is 17.0. The molecule has 0 saturated heterocycles. The topological polar surface area (TPSA) is 19.4 Å². The largest absolute Gasteiger partial charge is 2.00 e. The van der Waals surface area contributed by atoms with Crippen molar-refractivity contribution in [1.29, 1.82) is 0 Å². The van der Waals surface area contributed by atoms with Crippen LogP contribution in [0.15, 0.2) is 0 Å². The summed E-state index contributed by atoms with van der Waals surface area (Å²) in [6.07, 6.45) is 45.1. The summed E-state index contributed by atoms with van der Waals surface area (Å²) in [7, 11) is 0. The van der Waals surface area contributed by atoms with Crippen LogP contribution in [0.2, 0.25) is 0 Å². The Morgan fingerprint density at radius 3 is 0.287 bits per heavy atom. The van der Waals surface area contributed by atoms with Gasteiger partial charge in [-0.2, -0.15) is 0 Å². The molecule has 0 radical (unpaired) electrons. The fraction of sp³-hybridized carbons (Fsp3) is 0.909. The molecule has 516 valence electrons. The molecule has 0 rings (SSSR count). The monoisotopic (exact) mass is 1940 g/mol. The van der Waals surface area contributed by atoms with E-state index >= 15 is 0 Å². The molecule has 0 amide bonds. The minimum absolute atomic E-state index is 0. The summed E-state index contributed by atoms with van der Waals surface area (Å²) in [5, 5.41) is 0. The molecule has 0 aliphatic carbocycles. The van der Waals surface area contributed by atoms with Crippen LogP contribution in [-0.2, 0) is 139 Å². The van der Waals surface area contributed by atoms with Gasteiger partial charge in [0, 0.05) is 78.5 Å². The molecule has 0 fully saturated rings. The molecule has 0 aliphatic rings. The third-order valence-electron chi connectivity index (χ3n) is 13.9. The Bertz CT molecular complexity index is 1110. The number of nitrogens with zero attached hydrogens (tertiary/aromatic N) is 6. The van der Waals surface area contributed by atoms with Crippen LogP contribution >= 0.6 is 73.3 Å². The summed E-state index contributed by atoms with van der Waals surface area (Å²) < 4.78 is 3.90. The second-order valence-corrected chi connectivity index (χ2v) is 28.2. The molecule has 0 aromatic rings. The van der Waals surface area contributed by atoms with Crippen molar-refractivity contribution in [3.05, 3.63) is 0 Å². The molecule has 21 heteroatoms. The van der Waals surface area contributed by atoms with Crippen LogP contribution in [0.3, 0.4) is 0 Å². The van der Waals surface area contributed by atoms with E-state index in [1.807, 2.05) is 0 Å².